The molecule has 0 bridgehead atoms. The van der Waals surface area contributed by atoms with E-state index in [1.807, 2.05) is 24.3 Å². The van der Waals surface area contributed by atoms with Crippen molar-refractivity contribution in [3.63, 3.8) is 0 Å². The minimum Gasteiger partial charge on any atom is -0.494 e. The van der Waals surface area contributed by atoms with E-state index < -0.39 is 5.97 Å². The number of rotatable bonds is 15. The van der Waals surface area contributed by atoms with Crippen LogP contribution in [-0.2, 0) is 6.42 Å². The smallest absolute Gasteiger partial charge is 0.362 e. The number of carbonyl (C=O) groups is 1. The molecule has 0 aliphatic heterocycles. The van der Waals surface area contributed by atoms with Gasteiger partial charge in [-0.15, -0.1) is 0 Å². The van der Waals surface area contributed by atoms with Gasteiger partial charge < -0.3 is 9.47 Å². The second-order valence-electron chi connectivity index (χ2n) is 9.01. The Kier molecular flexibility index (Phi) is 10.9. The van der Waals surface area contributed by atoms with Crippen molar-refractivity contribution in [3.8, 4) is 11.5 Å². The molecule has 4 heteroatoms. The van der Waals surface area contributed by atoms with Gasteiger partial charge in [0.2, 0.25) is 0 Å². The van der Waals surface area contributed by atoms with E-state index in [0.29, 0.717) is 18.1 Å². The van der Waals surface area contributed by atoms with Gasteiger partial charge in [0.25, 0.3) is 0 Å². The van der Waals surface area contributed by atoms with Crippen LogP contribution >= 0.6 is 0 Å². The summed E-state index contributed by atoms with van der Waals surface area (Å²) < 4.78 is 11.2. The Morgan fingerprint density at radius 3 is 2.15 bits per heavy atom. The number of hydrogen-bond acceptors (Lipinski definition) is 4. The van der Waals surface area contributed by atoms with E-state index in [2.05, 4.69) is 31.0 Å². The molecular formula is C30H39NO3. The molecule has 0 radical (unpaired) electrons. The second-order valence-corrected chi connectivity index (χ2v) is 9.01. The van der Waals surface area contributed by atoms with Crippen LogP contribution in [0, 0.1) is 0 Å². The molecule has 0 spiro atoms. The van der Waals surface area contributed by atoms with Gasteiger partial charge in [0.05, 0.1) is 12.1 Å². The third-order valence-corrected chi connectivity index (χ3v) is 6.08. The fraction of sp³-hybridized carbons (Fsp3) is 0.467. The third-order valence-electron chi connectivity index (χ3n) is 6.08. The van der Waals surface area contributed by atoms with Gasteiger partial charge in [0.1, 0.15) is 17.2 Å². The molecule has 1 heterocycles. The molecule has 0 saturated carbocycles. The zero-order valence-corrected chi connectivity index (χ0v) is 20.9. The van der Waals surface area contributed by atoms with Crippen molar-refractivity contribution in [1.29, 1.82) is 0 Å². The van der Waals surface area contributed by atoms with Gasteiger partial charge >= 0.3 is 5.97 Å². The van der Waals surface area contributed by atoms with Crippen LogP contribution in [0.4, 0.5) is 0 Å². The number of hydrogen-bond donors (Lipinski definition) is 0. The van der Waals surface area contributed by atoms with Gasteiger partial charge in [-0.2, -0.15) is 0 Å². The molecule has 0 aliphatic rings. The Morgan fingerprint density at radius 1 is 0.735 bits per heavy atom. The van der Waals surface area contributed by atoms with Crippen LogP contribution in [0.2, 0.25) is 0 Å². The minimum atomic E-state index is -0.454. The summed E-state index contributed by atoms with van der Waals surface area (Å²) in [5, 5.41) is 1.06. The summed E-state index contributed by atoms with van der Waals surface area (Å²) in [6, 6.07) is 17.2. The Labute approximate surface area is 204 Å². The summed E-state index contributed by atoms with van der Waals surface area (Å²) in [6.07, 6.45) is 13.8. The number of benzene rings is 2. The maximum absolute atomic E-state index is 12.6. The summed E-state index contributed by atoms with van der Waals surface area (Å²) in [7, 11) is 0. The van der Waals surface area contributed by atoms with Crippen molar-refractivity contribution in [2.75, 3.05) is 6.61 Å². The highest BCUT2D eigenvalue weighted by atomic mass is 16.5. The first-order valence-corrected chi connectivity index (χ1v) is 13.0. The van der Waals surface area contributed by atoms with Gasteiger partial charge in [-0.25, -0.2) is 9.78 Å². The number of fused-ring (bicyclic) bond motifs is 1. The van der Waals surface area contributed by atoms with Crippen molar-refractivity contribution < 1.29 is 14.3 Å². The number of aromatic nitrogens is 1. The van der Waals surface area contributed by atoms with Crippen LogP contribution in [0.3, 0.4) is 0 Å². The Morgan fingerprint density at radius 2 is 1.41 bits per heavy atom. The average molecular weight is 462 g/mol. The SMILES string of the molecule is CCCCCCCCCCc1ccc2nc(C(=O)Oc3ccc(OCCCC)cc3)ccc2c1. The Balaban J connectivity index is 1.48. The first-order chi connectivity index (χ1) is 16.7. The maximum atomic E-state index is 12.6. The second kappa shape index (κ2) is 14.4. The molecule has 2 aromatic carbocycles. The van der Waals surface area contributed by atoms with Crippen LogP contribution in [0.1, 0.15) is 94.1 Å². The van der Waals surface area contributed by atoms with E-state index in [-0.39, 0.29) is 0 Å². The number of nitrogens with zero attached hydrogens (tertiary/aromatic N) is 1. The fourth-order valence-corrected chi connectivity index (χ4v) is 4.00. The van der Waals surface area contributed by atoms with Crippen molar-refractivity contribution in [3.05, 3.63) is 65.9 Å². The van der Waals surface area contributed by atoms with Crippen molar-refractivity contribution in [1.82, 2.24) is 4.98 Å². The van der Waals surface area contributed by atoms with Gasteiger partial charge in [-0.05, 0) is 67.3 Å². The quantitative estimate of drug-likeness (QED) is 0.130. The highest BCUT2D eigenvalue weighted by Gasteiger charge is 2.12. The first-order valence-electron chi connectivity index (χ1n) is 13.0. The predicted octanol–water partition coefficient (Wildman–Crippen LogP) is 8.32. The van der Waals surface area contributed by atoms with Crippen molar-refractivity contribution in [2.45, 2.75) is 84.5 Å². The molecule has 4 nitrogen and oxygen atoms in total. The Bertz CT molecular complexity index is 1010. The molecule has 3 aromatic rings. The molecule has 3 rings (SSSR count). The number of carbonyl (C=O) groups excluding carboxylic acids is 1. The molecule has 0 N–H and O–H groups in total. The summed E-state index contributed by atoms with van der Waals surface area (Å²) in [5.41, 5.74) is 2.46. The monoisotopic (exact) mass is 461 g/mol. The third kappa shape index (κ3) is 8.48. The number of ether oxygens (including phenoxy) is 2. The van der Waals surface area contributed by atoms with Gasteiger partial charge in [-0.1, -0.05) is 77.3 Å². The van der Waals surface area contributed by atoms with Crippen LogP contribution in [0.25, 0.3) is 10.9 Å². The Hall–Kier alpha value is -2.88. The van der Waals surface area contributed by atoms with E-state index in [4.69, 9.17) is 9.47 Å². The number of pyridine rings is 1. The largest absolute Gasteiger partial charge is 0.494 e. The standard InChI is InChI=1S/C30H39NO3/c1-3-5-7-8-9-10-11-12-13-24-14-20-28-25(23-24)15-21-29(31-28)30(32)34-27-18-16-26(17-19-27)33-22-6-4-2/h14-21,23H,3-13,22H2,1-2H3. The molecule has 0 fully saturated rings. The number of esters is 1. The molecule has 0 aliphatic carbocycles. The lowest BCUT2D eigenvalue weighted by molar-refractivity contribution is 0.0729. The zero-order chi connectivity index (χ0) is 24.0. The number of aryl methyl sites for hydroxylation is 1. The lowest BCUT2D eigenvalue weighted by atomic mass is 10.0. The van der Waals surface area contributed by atoms with E-state index in [1.165, 1.54) is 56.9 Å². The van der Waals surface area contributed by atoms with Gasteiger partial charge in [0, 0.05) is 5.39 Å². The highest BCUT2D eigenvalue weighted by Crippen LogP contribution is 2.21. The molecule has 34 heavy (non-hydrogen) atoms. The molecule has 0 amide bonds. The lowest BCUT2D eigenvalue weighted by Crippen LogP contribution is -2.10. The summed E-state index contributed by atoms with van der Waals surface area (Å²) in [4.78, 5) is 17.1. The van der Waals surface area contributed by atoms with Gasteiger partial charge in [0.15, 0.2) is 0 Å². The summed E-state index contributed by atoms with van der Waals surface area (Å²) >= 11 is 0. The van der Waals surface area contributed by atoms with Crippen LogP contribution in [0.5, 0.6) is 11.5 Å². The average Bonchev–Trinajstić information content (AvgIpc) is 2.86. The van der Waals surface area contributed by atoms with Crippen LogP contribution in [-0.4, -0.2) is 17.6 Å². The van der Waals surface area contributed by atoms with Crippen molar-refractivity contribution >= 4 is 16.9 Å². The number of unbranched alkanes of at least 4 members (excludes halogenated alkanes) is 8. The summed E-state index contributed by atoms with van der Waals surface area (Å²) in [6.45, 7) is 5.08. The predicted molar refractivity (Wildman–Crippen MR) is 140 cm³/mol. The maximum Gasteiger partial charge on any atom is 0.362 e. The van der Waals surface area contributed by atoms with E-state index >= 15 is 0 Å². The minimum absolute atomic E-state index is 0.312. The molecular weight excluding hydrogens is 422 g/mol. The topological polar surface area (TPSA) is 48.4 Å². The molecule has 0 saturated heterocycles. The van der Waals surface area contributed by atoms with E-state index in [0.717, 1.165) is 35.9 Å². The first kappa shape index (κ1) is 25.7. The van der Waals surface area contributed by atoms with Crippen molar-refractivity contribution in [2.24, 2.45) is 0 Å². The lowest BCUT2D eigenvalue weighted by Gasteiger charge is -2.08. The fourth-order valence-electron chi connectivity index (χ4n) is 4.00. The van der Waals surface area contributed by atoms with E-state index in [9.17, 15) is 4.79 Å². The molecule has 0 atom stereocenters. The molecule has 0 unspecified atom stereocenters. The molecule has 1 aromatic heterocycles. The highest BCUT2D eigenvalue weighted by molar-refractivity contribution is 5.92. The summed E-state index contributed by atoms with van der Waals surface area (Å²) in [5.74, 6) is 0.805. The normalized spacial score (nSPS) is 11.0. The van der Waals surface area contributed by atoms with E-state index in [1.54, 1.807) is 18.2 Å². The zero-order valence-electron chi connectivity index (χ0n) is 20.9. The van der Waals surface area contributed by atoms with Gasteiger partial charge in [-0.3, -0.25) is 0 Å². The van der Waals surface area contributed by atoms with Crippen LogP contribution < -0.4 is 9.47 Å². The molecule has 182 valence electrons. The van der Waals surface area contributed by atoms with Crippen LogP contribution in [0.15, 0.2) is 54.6 Å².